The smallest absolute Gasteiger partial charge is 0.327 e. The molecule has 1 fully saturated rings. The minimum Gasteiger partial charge on any atom is -0.480 e. The number of carboxylic acids is 1. The molecule has 0 spiro atoms. The van der Waals surface area contributed by atoms with Gasteiger partial charge in [-0.3, -0.25) is 4.79 Å². The molecule has 1 rings (SSSR count). The molecule has 2 N–H and O–H groups in total. The molecule has 4 nitrogen and oxygen atoms in total. The summed E-state index contributed by atoms with van der Waals surface area (Å²) in [5.74, 6) is 0.607. The van der Waals surface area contributed by atoms with Gasteiger partial charge in [0.2, 0.25) is 5.91 Å². The largest absolute Gasteiger partial charge is 0.480 e. The van der Waals surface area contributed by atoms with E-state index in [1.54, 1.807) is 11.8 Å². The normalized spacial score (nSPS) is 27.4. The summed E-state index contributed by atoms with van der Waals surface area (Å²) in [5, 5.41) is 11.8. The molecule has 0 radical (unpaired) electrons. The van der Waals surface area contributed by atoms with Gasteiger partial charge in [-0.2, -0.15) is 24.4 Å². The number of thioether (sulfide) groups is 1. The molecular formula is C14H25NO3S2. The molecule has 0 aromatic carbocycles. The van der Waals surface area contributed by atoms with Crippen LogP contribution >= 0.6 is 24.4 Å². The third-order valence-electron chi connectivity index (χ3n) is 3.58. The maximum atomic E-state index is 12.1. The molecule has 0 bridgehead atoms. The van der Waals surface area contributed by atoms with Crippen molar-refractivity contribution in [3.63, 3.8) is 0 Å². The second-order valence-electron chi connectivity index (χ2n) is 5.26. The van der Waals surface area contributed by atoms with E-state index in [4.69, 9.17) is 0 Å². The lowest BCUT2D eigenvalue weighted by molar-refractivity contribution is -0.141. The summed E-state index contributed by atoms with van der Waals surface area (Å²) in [6.45, 7) is 0. The highest BCUT2D eigenvalue weighted by atomic mass is 32.2. The van der Waals surface area contributed by atoms with Crippen LogP contribution in [0, 0.1) is 5.92 Å². The molecule has 1 heterocycles. The average Bonchev–Trinajstić information content (AvgIpc) is 2.42. The Morgan fingerprint density at radius 2 is 1.90 bits per heavy atom. The van der Waals surface area contributed by atoms with Crippen LogP contribution in [0.25, 0.3) is 0 Å². The number of hydrogen-bond acceptors (Lipinski definition) is 4. The number of amides is 1. The first-order chi connectivity index (χ1) is 9.65. The van der Waals surface area contributed by atoms with Crippen LogP contribution in [-0.4, -0.2) is 40.3 Å². The van der Waals surface area contributed by atoms with Gasteiger partial charge in [0.05, 0.1) is 0 Å². The van der Waals surface area contributed by atoms with Crippen LogP contribution < -0.4 is 5.32 Å². The van der Waals surface area contributed by atoms with Crippen LogP contribution in [0.4, 0.5) is 0 Å². The minimum absolute atomic E-state index is 0.162. The van der Waals surface area contributed by atoms with Crippen molar-refractivity contribution in [3.8, 4) is 0 Å². The lowest BCUT2D eigenvalue weighted by atomic mass is 10.0. The van der Waals surface area contributed by atoms with E-state index in [1.807, 2.05) is 0 Å². The summed E-state index contributed by atoms with van der Waals surface area (Å²) >= 11 is 5.83. The molecule has 2 atom stereocenters. The summed E-state index contributed by atoms with van der Waals surface area (Å²) in [6, 6.07) is -0.780. The Labute approximate surface area is 130 Å². The van der Waals surface area contributed by atoms with Crippen molar-refractivity contribution < 1.29 is 14.7 Å². The molecule has 20 heavy (non-hydrogen) atoms. The molecule has 0 aromatic heterocycles. The van der Waals surface area contributed by atoms with Gasteiger partial charge in [0.15, 0.2) is 0 Å². The zero-order chi connectivity index (χ0) is 14.8. The SMILES string of the molecule is O=C1NC(C(=O)O)CSCCCCCCCCC1CS. The van der Waals surface area contributed by atoms with Crippen LogP contribution in [-0.2, 0) is 9.59 Å². The molecule has 1 aliphatic rings. The van der Waals surface area contributed by atoms with E-state index in [9.17, 15) is 14.7 Å². The predicted octanol–water partition coefficient (Wildman–Crippen LogP) is 2.58. The monoisotopic (exact) mass is 319 g/mol. The fraction of sp³-hybridized carbons (Fsp3) is 0.857. The van der Waals surface area contributed by atoms with Gasteiger partial charge in [-0.15, -0.1) is 0 Å². The molecule has 1 aliphatic heterocycles. The summed E-state index contributed by atoms with van der Waals surface area (Å²) < 4.78 is 0. The molecule has 1 amide bonds. The number of rotatable bonds is 2. The minimum atomic E-state index is -0.948. The predicted molar refractivity (Wildman–Crippen MR) is 86.6 cm³/mol. The third kappa shape index (κ3) is 6.88. The average molecular weight is 319 g/mol. The third-order valence-corrected chi connectivity index (χ3v) is 5.17. The van der Waals surface area contributed by atoms with Crippen molar-refractivity contribution in [2.24, 2.45) is 5.92 Å². The van der Waals surface area contributed by atoms with Crippen LogP contribution in [0.15, 0.2) is 0 Å². The highest BCUT2D eigenvalue weighted by Crippen LogP contribution is 2.16. The highest BCUT2D eigenvalue weighted by Gasteiger charge is 2.24. The first kappa shape index (κ1) is 17.7. The van der Waals surface area contributed by atoms with Gasteiger partial charge in [-0.25, -0.2) is 4.79 Å². The van der Waals surface area contributed by atoms with Crippen LogP contribution in [0.3, 0.4) is 0 Å². The second kappa shape index (κ2) is 10.4. The molecule has 116 valence electrons. The van der Waals surface area contributed by atoms with Gasteiger partial charge in [0, 0.05) is 17.4 Å². The van der Waals surface area contributed by atoms with Crippen molar-refractivity contribution >= 4 is 36.3 Å². The van der Waals surface area contributed by atoms with E-state index >= 15 is 0 Å². The van der Waals surface area contributed by atoms with E-state index in [-0.39, 0.29) is 11.8 Å². The van der Waals surface area contributed by atoms with E-state index < -0.39 is 12.0 Å². The number of nitrogens with one attached hydrogen (secondary N) is 1. The molecule has 0 aromatic rings. The van der Waals surface area contributed by atoms with Gasteiger partial charge in [-0.1, -0.05) is 32.1 Å². The second-order valence-corrected chi connectivity index (χ2v) is 6.78. The van der Waals surface area contributed by atoms with Crippen molar-refractivity contribution in [1.82, 2.24) is 5.32 Å². The van der Waals surface area contributed by atoms with Gasteiger partial charge in [-0.05, 0) is 18.6 Å². The lowest BCUT2D eigenvalue weighted by Crippen LogP contribution is -2.45. The first-order valence-corrected chi connectivity index (χ1v) is 9.15. The van der Waals surface area contributed by atoms with E-state index in [0.717, 1.165) is 31.4 Å². The Balaban J connectivity index is 2.59. The molecule has 1 saturated heterocycles. The number of carbonyl (C=O) groups is 2. The maximum absolute atomic E-state index is 12.1. The standard InChI is InChI=1S/C14H25NO3S2/c16-13-11(9-19)7-5-3-1-2-4-6-8-20-10-12(15-13)14(17)18/h11-12,19H,1-10H2,(H,15,16)(H,17,18). The molecule has 0 saturated carbocycles. The molecule has 6 heteroatoms. The number of hydrogen-bond donors (Lipinski definition) is 3. The Morgan fingerprint density at radius 3 is 2.55 bits per heavy atom. The van der Waals surface area contributed by atoms with Crippen molar-refractivity contribution in [1.29, 1.82) is 0 Å². The Hall–Kier alpha value is -0.360. The van der Waals surface area contributed by atoms with Gasteiger partial charge < -0.3 is 10.4 Å². The van der Waals surface area contributed by atoms with Crippen LogP contribution in [0.5, 0.6) is 0 Å². The fourth-order valence-corrected chi connectivity index (χ4v) is 3.66. The van der Waals surface area contributed by atoms with Gasteiger partial charge >= 0.3 is 5.97 Å². The van der Waals surface area contributed by atoms with E-state index in [0.29, 0.717) is 11.5 Å². The molecule has 0 aliphatic carbocycles. The number of carbonyl (C=O) groups excluding carboxylic acids is 1. The van der Waals surface area contributed by atoms with Gasteiger partial charge in [0.25, 0.3) is 0 Å². The first-order valence-electron chi connectivity index (χ1n) is 7.37. The summed E-state index contributed by atoms with van der Waals surface area (Å²) in [4.78, 5) is 23.3. The Bertz CT molecular complexity index is 313. The Kier molecular flexibility index (Phi) is 9.18. The van der Waals surface area contributed by atoms with Crippen LogP contribution in [0.2, 0.25) is 0 Å². The quantitative estimate of drug-likeness (QED) is 0.685. The summed E-state index contributed by atoms with van der Waals surface area (Å²) in [6.07, 6.45) is 7.77. The summed E-state index contributed by atoms with van der Waals surface area (Å²) in [7, 11) is 0. The zero-order valence-electron chi connectivity index (χ0n) is 11.8. The number of aliphatic carboxylic acids is 1. The van der Waals surface area contributed by atoms with Crippen molar-refractivity contribution in [2.45, 2.75) is 51.0 Å². The van der Waals surface area contributed by atoms with Crippen LogP contribution in [0.1, 0.15) is 44.9 Å². The molecular weight excluding hydrogens is 294 g/mol. The summed E-state index contributed by atoms with van der Waals surface area (Å²) in [5.41, 5.74) is 0. The number of carboxylic acid groups (broad SMARTS) is 1. The lowest BCUT2D eigenvalue weighted by Gasteiger charge is -2.19. The zero-order valence-corrected chi connectivity index (χ0v) is 13.6. The van der Waals surface area contributed by atoms with Crippen molar-refractivity contribution in [3.05, 3.63) is 0 Å². The van der Waals surface area contributed by atoms with Gasteiger partial charge in [0.1, 0.15) is 6.04 Å². The molecule has 2 unspecified atom stereocenters. The Morgan fingerprint density at radius 1 is 1.25 bits per heavy atom. The topological polar surface area (TPSA) is 66.4 Å². The highest BCUT2D eigenvalue weighted by molar-refractivity contribution is 7.99. The fourth-order valence-electron chi connectivity index (χ4n) is 2.27. The van der Waals surface area contributed by atoms with E-state index in [1.165, 1.54) is 19.3 Å². The maximum Gasteiger partial charge on any atom is 0.327 e. The van der Waals surface area contributed by atoms with Crippen molar-refractivity contribution in [2.75, 3.05) is 17.3 Å². The van der Waals surface area contributed by atoms with E-state index in [2.05, 4.69) is 17.9 Å². The number of thiol groups is 1.